The van der Waals surface area contributed by atoms with Crippen molar-refractivity contribution >= 4 is 0 Å². The molecule has 2 atom stereocenters. The van der Waals surface area contributed by atoms with Gasteiger partial charge >= 0.3 is 0 Å². The lowest BCUT2D eigenvalue weighted by atomic mass is 10.00. The summed E-state index contributed by atoms with van der Waals surface area (Å²) in [6.07, 6.45) is 1.12. The second kappa shape index (κ2) is 4.15. The highest BCUT2D eigenvalue weighted by Crippen LogP contribution is 2.31. The van der Waals surface area contributed by atoms with Crippen LogP contribution in [0.15, 0.2) is 24.3 Å². The Bertz CT molecular complexity index is 378. The molecule has 1 aromatic rings. The lowest BCUT2D eigenvalue weighted by molar-refractivity contribution is 0.127. The normalized spacial score (nSPS) is 25.6. The number of halogens is 1. The van der Waals surface area contributed by atoms with E-state index in [0.717, 1.165) is 12.8 Å². The van der Waals surface area contributed by atoms with Crippen molar-refractivity contribution in [3.63, 3.8) is 0 Å². The van der Waals surface area contributed by atoms with Gasteiger partial charge < -0.3 is 10.4 Å². The molecule has 1 aromatic carbocycles. The molecule has 1 aliphatic rings. The Balaban J connectivity index is 2.15. The standard InChI is InChI=1S/C13H18FNO/c1-13(2)8-7-11(15-13)12(16)9-5-3-4-6-10(9)14/h3-6,11-12,15-16H,7-8H2,1-2H3/t11?,12-/m1/s1. The Kier molecular flexibility index (Phi) is 3.00. The summed E-state index contributed by atoms with van der Waals surface area (Å²) in [5.41, 5.74) is 0.425. The molecule has 2 N–H and O–H groups in total. The number of hydrogen-bond acceptors (Lipinski definition) is 2. The zero-order valence-corrected chi connectivity index (χ0v) is 9.70. The second-order valence-corrected chi connectivity index (χ2v) is 5.14. The molecule has 0 radical (unpaired) electrons. The molecule has 2 rings (SSSR count). The van der Waals surface area contributed by atoms with E-state index in [1.807, 2.05) is 0 Å². The van der Waals surface area contributed by atoms with Gasteiger partial charge in [-0.3, -0.25) is 0 Å². The first kappa shape index (κ1) is 11.6. The van der Waals surface area contributed by atoms with Gasteiger partial charge in [-0.15, -0.1) is 0 Å². The predicted octanol–water partition coefficient (Wildman–Crippen LogP) is 2.39. The number of benzene rings is 1. The van der Waals surface area contributed by atoms with E-state index in [2.05, 4.69) is 19.2 Å². The van der Waals surface area contributed by atoms with E-state index in [9.17, 15) is 9.50 Å². The van der Waals surface area contributed by atoms with Crippen LogP contribution >= 0.6 is 0 Å². The van der Waals surface area contributed by atoms with Crippen LogP contribution in [-0.4, -0.2) is 16.7 Å². The molecule has 2 nitrogen and oxygen atoms in total. The Morgan fingerprint density at radius 2 is 2.12 bits per heavy atom. The van der Waals surface area contributed by atoms with Gasteiger partial charge in [-0.25, -0.2) is 4.39 Å². The number of aliphatic hydroxyl groups is 1. The fraction of sp³-hybridized carbons (Fsp3) is 0.538. The minimum absolute atomic E-state index is 0.0386. The molecule has 0 bridgehead atoms. The Morgan fingerprint density at radius 3 is 2.69 bits per heavy atom. The van der Waals surface area contributed by atoms with Crippen molar-refractivity contribution < 1.29 is 9.50 Å². The number of aliphatic hydroxyl groups excluding tert-OH is 1. The lowest BCUT2D eigenvalue weighted by Gasteiger charge is -2.24. The zero-order valence-electron chi connectivity index (χ0n) is 9.70. The van der Waals surface area contributed by atoms with Crippen LogP contribution in [0.4, 0.5) is 4.39 Å². The molecular weight excluding hydrogens is 205 g/mol. The van der Waals surface area contributed by atoms with Gasteiger partial charge in [0.1, 0.15) is 5.82 Å². The van der Waals surface area contributed by atoms with Gasteiger partial charge in [-0.1, -0.05) is 18.2 Å². The van der Waals surface area contributed by atoms with Crippen molar-refractivity contribution in [1.29, 1.82) is 0 Å². The van der Waals surface area contributed by atoms with Gasteiger partial charge in [0.15, 0.2) is 0 Å². The summed E-state index contributed by atoms with van der Waals surface area (Å²) >= 11 is 0. The molecule has 16 heavy (non-hydrogen) atoms. The van der Waals surface area contributed by atoms with E-state index in [4.69, 9.17) is 0 Å². The maximum absolute atomic E-state index is 13.5. The van der Waals surface area contributed by atoms with Gasteiger partial charge in [0.05, 0.1) is 6.10 Å². The van der Waals surface area contributed by atoms with Crippen LogP contribution in [0.1, 0.15) is 38.4 Å². The maximum Gasteiger partial charge on any atom is 0.129 e. The zero-order chi connectivity index (χ0) is 11.8. The smallest absolute Gasteiger partial charge is 0.129 e. The summed E-state index contributed by atoms with van der Waals surface area (Å²) in [6, 6.07) is 6.37. The van der Waals surface area contributed by atoms with E-state index in [-0.39, 0.29) is 17.4 Å². The van der Waals surface area contributed by atoms with E-state index in [1.165, 1.54) is 6.07 Å². The molecule has 0 saturated carbocycles. The summed E-state index contributed by atoms with van der Waals surface area (Å²) in [5, 5.41) is 13.5. The highest BCUT2D eigenvalue weighted by molar-refractivity contribution is 5.22. The Morgan fingerprint density at radius 1 is 1.44 bits per heavy atom. The molecule has 0 aliphatic carbocycles. The molecule has 3 heteroatoms. The van der Waals surface area contributed by atoms with Crippen LogP contribution < -0.4 is 5.32 Å². The number of hydrogen-bond donors (Lipinski definition) is 2. The van der Waals surface area contributed by atoms with Crippen molar-refractivity contribution in [1.82, 2.24) is 5.32 Å². The number of nitrogens with one attached hydrogen (secondary N) is 1. The van der Waals surface area contributed by atoms with Crippen molar-refractivity contribution in [2.75, 3.05) is 0 Å². The molecule has 0 amide bonds. The maximum atomic E-state index is 13.5. The molecule has 1 fully saturated rings. The average molecular weight is 223 g/mol. The summed E-state index contributed by atoms with van der Waals surface area (Å²) < 4.78 is 13.5. The van der Waals surface area contributed by atoms with E-state index < -0.39 is 6.10 Å². The fourth-order valence-corrected chi connectivity index (χ4v) is 2.33. The molecule has 1 aliphatic heterocycles. The topological polar surface area (TPSA) is 32.3 Å². The monoisotopic (exact) mass is 223 g/mol. The van der Waals surface area contributed by atoms with E-state index in [0.29, 0.717) is 5.56 Å². The summed E-state index contributed by atoms with van der Waals surface area (Å²) in [6.45, 7) is 4.20. The average Bonchev–Trinajstić information content (AvgIpc) is 2.59. The molecule has 0 aromatic heterocycles. The summed E-state index contributed by atoms with van der Waals surface area (Å²) in [7, 11) is 0. The Labute approximate surface area is 95.5 Å². The van der Waals surface area contributed by atoms with Gasteiger partial charge in [-0.2, -0.15) is 0 Å². The first-order valence-electron chi connectivity index (χ1n) is 5.70. The van der Waals surface area contributed by atoms with Gasteiger partial charge in [0, 0.05) is 17.1 Å². The predicted molar refractivity (Wildman–Crippen MR) is 61.6 cm³/mol. The highest BCUT2D eigenvalue weighted by atomic mass is 19.1. The van der Waals surface area contributed by atoms with Crippen molar-refractivity contribution in [3.8, 4) is 0 Å². The van der Waals surface area contributed by atoms with Crippen molar-refractivity contribution in [2.24, 2.45) is 0 Å². The summed E-state index contributed by atoms with van der Waals surface area (Å²) in [5.74, 6) is -0.332. The minimum Gasteiger partial charge on any atom is -0.387 e. The summed E-state index contributed by atoms with van der Waals surface area (Å²) in [4.78, 5) is 0. The van der Waals surface area contributed by atoms with Gasteiger partial charge in [0.25, 0.3) is 0 Å². The van der Waals surface area contributed by atoms with Crippen molar-refractivity contribution in [2.45, 2.75) is 44.4 Å². The molecule has 1 heterocycles. The van der Waals surface area contributed by atoms with Gasteiger partial charge in [-0.05, 0) is 32.8 Å². The first-order valence-corrected chi connectivity index (χ1v) is 5.70. The minimum atomic E-state index is -0.761. The van der Waals surface area contributed by atoms with Crippen molar-refractivity contribution in [3.05, 3.63) is 35.6 Å². The SMILES string of the molecule is CC1(C)CCC([C@H](O)c2ccccc2F)N1. The van der Waals surface area contributed by atoms with Crippen LogP contribution in [0, 0.1) is 5.82 Å². The number of rotatable bonds is 2. The van der Waals surface area contributed by atoms with Gasteiger partial charge in [0.2, 0.25) is 0 Å². The van der Waals surface area contributed by atoms with Crippen LogP contribution in [0.3, 0.4) is 0 Å². The van der Waals surface area contributed by atoms with Crippen LogP contribution in [0.25, 0.3) is 0 Å². The largest absolute Gasteiger partial charge is 0.387 e. The third kappa shape index (κ3) is 2.25. The molecule has 88 valence electrons. The molecule has 1 unspecified atom stereocenters. The quantitative estimate of drug-likeness (QED) is 0.807. The molecule has 1 saturated heterocycles. The Hall–Kier alpha value is -0.930. The third-order valence-corrected chi connectivity index (χ3v) is 3.26. The molecular formula is C13H18FNO. The highest BCUT2D eigenvalue weighted by Gasteiger charge is 2.35. The van der Waals surface area contributed by atoms with Crippen LogP contribution in [-0.2, 0) is 0 Å². The second-order valence-electron chi connectivity index (χ2n) is 5.14. The van der Waals surface area contributed by atoms with Crippen LogP contribution in [0.2, 0.25) is 0 Å². The molecule has 0 spiro atoms. The van der Waals surface area contributed by atoms with E-state index in [1.54, 1.807) is 18.2 Å². The lowest BCUT2D eigenvalue weighted by Crippen LogP contribution is -2.40. The van der Waals surface area contributed by atoms with E-state index >= 15 is 0 Å². The first-order chi connectivity index (χ1) is 7.49. The fourth-order valence-electron chi connectivity index (χ4n) is 2.33. The van der Waals surface area contributed by atoms with Crippen LogP contribution in [0.5, 0.6) is 0 Å². The third-order valence-electron chi connectivity index (χ3n) is 3.26.